The van der Waals surface area contributed by atoms with E-state index in [1.807, 2.05) is 34.1 Å². The van der Waals surface area contributed by atoms with E-state index in [1.54, 1.807) is 18.2 Å². The van der Waals surface area contributed by atoms with Crippen LogP contribution < -0.4 is 5.32 Å². The SMILES string of the molecule is CC(C)(C)CN(CC(=O)N1CCN(CCS(C)(=O)=O)CC1)C1(Cc2cccc(Cl)c2)C(=O)Nc2cc(Cl)ccc21. The van der Waals surface area contributed by atoms with Crippen molar-refractivity contribution in [3.63, 3.8) is 0 Å². The molecule has 1 unspecified atom stereocenters. The minimum Gasteiger partial charge on any atom is -0.339 e. The molecule has 1 fully saturated rings. The number of nitrogens with one attached hydrogen (secondary N) is 1. The number of carbonyl (C=O) groups is 2. The molecular formula is C29H38Cl2N4O4S. The first-order chi connectivity index (χ1) is 18.7. The minimum absolute atomic E-state index is 0.0522. The van der Waals surface area contributed by atoms with E-state index in [1.165, 1.54) is 6.26 Å². The molecule has 8 nitrogen and oxygen atoms in total. The molecule has 40 heavy (non-hydrogen) atoms. The Kier molecular flexibility index (Phi) is 9.22. The van der Waals surface area contributed by atoms with Gasteiger partial charge in [-0.3, -0.25) is 19.4 Å². The number of hydrogen-bond acceptors (Lipinski definition) is 6. The number of benzene rings is 2. The molecule has 1 N–H and O–H groups in total. The summed E-state index contributed by atoms with van der Waals surface area (Å²) in [5.41, 5.74) is 0.943. The molecule has 0 radical (unpaired) electrons. The van der Waals surface area contributed by atoms with Crippen LogP contribution in [0, 0.1) is 5.41 Å². The van der Waals surface area contributed by atoms with Gasteiger partial charge in [0.2, 0.25) is 11.8 Å². The van der Waals surface area contributed by atoms with Gasteiger partial charge >= 0.3 is 0 Å². The Labute approximate surface area is 247 Å². The number of anilines is 1. The van der Waals surface area contributed by atoms with Gasteiger partial charge in [-0.2, -0.15) is 0 Å². The lowest BCUT2D eigenvalue weighted by atomic mass is 9.81. The fraction of sp³-hybridized carbons (Fsp3) is 0.517. The maximum atomic E-state index is 14.0. The average molecular weight is 610 g/mol. The second-order valence-electron chi connectivity index (χ2n) is 12.1. The van der Waals surface area contributed by atoms with Gasteiger partial charge in [0.1, 0.15) is 15.4 Å². The van der Waals surface area contributed by atoms with Crippen molar-refractivity contribution in [3.8, 4) is 0 Å². The van der Waals surface area contributed by atoms with E-state index < -0.39 is 15.4 Å². The Morgan fingerprint density at radius 1 is 1.05 bits per heavy atom. The third kappa shape index (κ3) is 7.36. The van der Waals surface area contributed by atoms with E-state index >= 15 is 0 Å². The summed E-state index contributed by atoms with van der Waals surface area (Å²) >= 11 is 12.6. The molecule has 4 rings (SSSR count). The lowest BCUT2D eigenvalue weighted by molar-refractivity contribution is -0.140. The molecule has 2 aromatic rings. The molecule has 2 heterocycles. The summed E-state index contributed by atoms with van der Waals surface area (Å²) < 4.78 is 23.2. The Balaban J connectivity index is 1.65. The molecule has 0 spiro atoms. The number of sulfone groups is 1. The maximum Gasteiger partial charge on any atom is 0.249 e. The number of piperazine rings is 1. The van der Waals surface area contributed by atoms with Crippen molar-refractivity contribution in [2.24, 2.45) is 5.41 Å². The Bertz CT molecular complexity index is 1370. The van der Waals surface area contributed by atoms with Crippen molar-refractivity contribution in [3.05, 3.63) is 63.6 Å². The number of amides is 2. The predicted octanol–water partition coefficient (Wildman–Crippen LogP) is 3.92. The highest BCUT2D eigenvalue weighted by molar-refractivity contribution is 7.90. The molecule has 2 amide bonds. The van der Waals surface area contributed by atoms with Crippen molar-refractivity contribution < 1.29 is 18.0 Å². The quantitative estimate of drug-likeness (QED) is 0.464. The zero-order valence-corrected chi connectivity index (χ0v) is 25.9. The van der Waals surface area contributed by atoms with E-state index in [0.29, 0.717) is 61.4 Å². The second kappa shape index (κ2) is 12.0. The first-order valence-electron chi connectivity index (χ1n) is 13.5. The van der Waals surface area contributed by atoms with E-state index in [0.717, 1.165) is 11.1 Å². The Morgan fingerprint density at radius 3 is 2.35 bits per heavy atom. The molecule has 0 aliphatic carbocycles. The number of halogens is 2. The molecule has 1 saturated heterocycles. The number of fused-ring (bicyclic) bond motifs is 1. The normalized spacial score (nSPS) is 20.1. The second-order valence-corrected chi connectivity index (χ2v) is 15.2. The molecule has 218 valence electrons. The van der Waals surface area contributed by atoms with E-state index in [9.17, 15) is 18.0 Å². The highest BCUT2D eigenvalue weighted by Gasteiger charge is 2.52. The highest BCUT2D eigenvalue weighted by atomic mass is 35.5. The van der Waals surface area contributed by atoms with Crippen LogP contribution in [-0.4, -0.2) is 92.8 Å². The summed E-state index contributed by atoms with van der Waals surface area (Å²) in [6.45, 7) is 9.50. The number of rotatable bonds is 9. The molecule has 1 atom stereocenters. The van der Waals surface area contributed by atoms with Crippen LogP contribution in [0.2, 0.25) is 10.0 Å². The van der Waals surface area contributed by atoms with Crippen LogP contribution in [0.15, 0.2) is 42.5 Å². The summed E-state index contributed by atoms with van der Waals surface area (Å²) in [4.78, 5) is 33.7. The molecule has 2 aromatic carbocycles. The van der Waals surface area contributed by atoms with E-state index in [4.69, 9.17) is 23.2 Å². The first-order valence-corrected chi connectivity index (χ1v) is 16.3. The number of hydrogen-bond donors (Lipinski definition) is 1. The average Bonchev–Trinajstić information content (AvgIpc) is 3.12. The van der Waals surface area contributed by atoms with Crippen LogP contribution >= 0.6 is 23.2 Å². The van der Waals surface area contributed by atoms with Crippen LogP contribution in [0.1, 0.15) is 31.9 Å². The lowest BCUT2D eigenvalue weighted by Crippen LogP contribution is -2.59. The molecule has 2 aliphatic heterocycles. The molecule has 0 saturated carbocycles. The summed E-state index contributed by atoms with van der Waals surface area (Å²) in [6.07, 6.45) is 1.57. The van der Waals surface area contributed by atoms with Gasteiger partial charge in [0.15, 0.2) is 0 Å². The zero-order valence-electron chi connectivity index (χ0n) is 23.5. The van der Waals surface area contributed by atoms with Gasteiger partial charge < -0.3 is 10.2 Å². The van der Waals surface area contributed by atoms with E-state index in [-0.39, 0.29) is 29.5 Å². The Hall–Kier alpha value is -2.17. The summed E-state index contributed by atoms with van der Waals surface area (Å²) in [7, 11) is -3.05. The van der Waals surface area contributed by atoms with Crippen molar-refractivity contribution in [1.82, 2.24) is 14.7 Å². The third-order valence-electron chi connectivity index (χ3n) is 7.43. The fourth-order valence-electron chi connectivity index (χ4n) is 5.55. The van der Waals surface area contributed by atoms with Crippen molar-refractivity contribution in [2.75, 3.05) is 63.1 Å². The molecular weight excluding hydrogens is 571 g/mol. The molecule has 11 heteroatoms. The van der Waals surface area contributed by atoms with Gasteiger partial charge in [-0.15, -0.1) is 0 Å². The van der Waals surface area contributed by atoms with Gasteiger partial charge in [-0.25, -0.2) is 8.42 Å². The summed E-state index contributed by atoms with van der Waals surface area (Å²) in [5, 5.41) is 4.13. The van der Waals surface area contributed by atoms with Crippen LogP contribution in [0.3, 0.4) is 0 Å². The van der Waals surface area contributed by atoms with Crippen LogP contribution in [0.25, 0.3) is 0 Å². The largest absolute Gasteiger partial charge is 0.339 e. The molecule has 0 bridgehead atoms. The third-order valence-corrected chi connectivity index (χ3v) is 8.83. The van der Waals surface area contributed by atoms with Crippen molar-refractivity contribution >= 4 is 50.5 Å². The minimum atomic E-state index is -3.05. The Morgan fingerprint density at radius 2 is 1.73 bits per heavy atom. The van der Waals surface area contributed by atoms with Gasteiger partial charge in [0, 0.05) is 73.2 Å². The predicted molar refractivity (Wildman–Crippen MR) is 161 cm³/mol. The molecule has 0 aromatic heterocycles. The number of nitrogens with zero attached hydrogens (tertiary/aromatic N) is 3. The van der Waals surface area contributed by atoms with Gasteiger partial charge in [-0.05, 0) is 35.2 Å². The smallest absolute Gasteiger partial charge is 0.249 e. The lowest BCUT2D eigenvalue weighted by Gasteiger charge is -2.44. The zero-order chi connectivity index (χ0) is 29.3. The topological polar surface area (TPSA) is 90.0 Å². The van der Waals surface area contributed by atoms with Gasteiger partial charge in [0.25, 0.3) is 0 Å². The fourth-order valence-corrected chi connectivity index (χ4v) is 6.52. The standard InChI is InChI=1S/C29H38Cl2N4O4S/c1-28(2,3)20-35(19-26(36)34-12-10-33(11-13-34)14-15-40(4,38)39)29(18-21-6-5-7-22(30)16-21)24-9-8-23(31)17-25(24)32-27(29)37/h5-9,16-17H,10-15,18-20H2,1-4H3,(H,32,37). The van der Waals surface area contributed by atoms with Gasteiger partial charge in [0.05, 0.1) is 12.3 Å². The maximum absolute atomic E-state index is 14.0. The van der Waals surface area contributed by atoms with Gasteiger partial charge in [-0.1, -0.05) is 62.2 Å². The summed E-state index contributed by atoms with van der Waals surface area (Å²) in [5.74, 6) is -0.162. The monoisotopic (exact) mass is 608 g/mol. The first kappa shape index (κ1) is 30.8. The van der Waals surface area contributed by atoms with Crippen LogP contribution in [-0.2, 0) is 31.4 Å². The van der Waals surface area contributed by atoms with Crippen LogP contribution in [0.5, 0.6) is 0 Å². The molecule has 2 aliphatic rings. The number of carbonyl (C=O) groups excluding carboxylic acids is 2. The summed E-state index contributed by atoms with van der Waals surface area (Å²) in [6, 6.07) is 12.9. The van der Waals surface area contributed by atoms with Crippen molar-refractivity contribution in [1.29, 1.82) is 0 Å². The van der Waals surface area contributed by atoms with E-state index in [2.05, 4.69) is 31.0 Å². The van der Waals surface area contributed by atoms with Crippen molar-refractivity contribution in [2.45, 2.75) is 32.7 Å². The van der Waals surface area contributed by atoms with Crippen LogP contribution in [0.4, 0.5) is 5.69 Å². The highest BCUT2D eigenvalue weighted by Crippen LogP contribution is 2.45.